The van der Waals surface area contributed by atoms with Gasteiger partial charge in [-0.25, -0.2) is 9.97 Å². The van der Waals surface area contributed by atoms with Crippen molar-refractivity contribution in [3.8, 4) is 11.4 Å². The Kier molecular flexibility index (Phi) is 4.73. The fraction of sp³-hybridized carbons (Fsp3) is 0.200. The Morgan fingerprint density at radius 2 is 2.07 bits per heavy atom. The summed E-state index contributed by atoms with van der Waals surface area (Å²) in [6.07, 6.45) is 4.12. The summed E-state index contributed by atoms with van der Waals surface area (Å²) in [6, 6.07) is 12.6. The van der Waals surface area contributed by atoms with Crippen molar-refractivity contribution < 1.29 is 4.79 Å². The molecule has 0 bridgehead atoms. The summed E-state index contributed by atoms with van der Waals surface area (Å²) in [6.45, 7) is 2.54. The molecule has 2 aromatic heterocycles. The average molecular weight is 380 g/mol. The lowest BCUT2D eigenvalue weighted by Gasteiger charge is -2.18. The molecule has 0 radical (unpaired) electrons. The highest BCUT2D eigenvalue weighted by molar-refractivity contribution is 6.31. The number of benzene rings is 1. The zero-order valence-electron chi connectivity index (χ0n) is 14.8. The lowest BCUT2D eigenvalue weighted by molar-refractivity contribution is -0.117. The Morgan fingerprint density at radius 1 is 1.19 bits per heavy atom. The van der Waals surface area contributed by atoms with Crippen LogP contribution >= 0.6 is 11.6 Å². The highest BCUT2D eigenvalue weighted by Crippen LogP contribution is 2.26. The molecular weight excluding hydrogens is 362 g/mol. The molecular formula is C20H18ClN5O. The molecule has 1 amide bonds. The van der Waals surface area contributed by atoms with Crippen molar-refractivity contribution in [1.82, 2.24) is 15.0 Å². The molecule has 1 fully saturated rings. The normalized spacial score (nSPS) is 16.6. The number of rotatable bonds is 4. The number of carbonyl (C=O) groups excluding carboxylic acids is 1. The molecule has 1 unspecified atom stereocenters. The van der Waals surface area contributed by atoms with Gasteiger partial charge in [-0.3, -0.25) is 9.78 Å². The number of halogens is 1. The van der Waals surface area contributed by atoms with E-state index in [1.807, 2.05) is 37.3 Å². The van der Waals surface area contributed by atoms with Gasteiger partial charge in [0.25, 0.3) is 0 Å². The van der Waals surface area contributed by atoms with Crippen LogP contribution in [0.25, 0.3) is 11.4 Å². The molecule has 0 aliphatic carbocycles. The molecule has 4 rings (SSSR count). The Hall–Kier alpha value is -2.99. The zero-order valence-corrected chi connectivity index (χ0v) is 15.5. The fourth-order valence-corrected chi connectivity index (χ4v) is 3.34. The summed E-state index contributed by atoms with van der Waals surface area (Å²) < 4.78 is 0. The third-order valence-electron chi connectivity index (χ3n) is 4.42. The van der Waals surface area contributed by atoms with E-state index in [2.05, 4.69) is 20.3 Å². The second-order valence-corrected chi connectivity index (χ2v) is 6.85. The first-order valence-corrected chi connectivity index (χ1v) is 9.07. The maximum atomic E-state index is 12.8. The van der Waals surface area contributed by atoms with Gasteiger partial charge in [0.2, 0.25) is 5.91 Å². The van der Waals surface area contributed by atoms with Crippen LogP contribution in [0.3, 0.4) is 0 Å². The third-order valence-corrected chi connectivity index (χ3v) is 4.66. The molecule has 3 aromatic rings. The van der Waals surface area contributed by atoms with Gasteiger partial charge in [0.05, 0.1) is 0 Å². The predicted octanol–water partition coefficient (Wildman–Crippen LogP) is 3.72. The molecule has 27 heavy (non-hydrogen) atoms. The lowest BCUT2D eigenvalue weighted by atomic mass is 10.2. The van der Waals surface area contributed by atoms with Gasteiger partial charge in [-0.1, -0.05) is 17.7 Å². The Bertz CT molecular complexity index is 979. The first kappa shape index (κ1) is 17.4. The van der Waals surface area contributed by atoms with Crippen molar-refractivity contribution in [2.24, 2.45) is 0 Å². The van der Waals surface area contributed by atoms with Crippen LogP contribution in [-0.4, -0.2) is 33.4 Å². The fourth-order valence-electron chi connectivity index (χ4n) is 3.16. The minimum Gasteiger partial charge on any atom is -0.358 e. The summed E-state index contributed by atoms with van der Waals surface area (Å²) in [4.78, 5) is 27.7. The second kappa shape index (κ2) is 7.32. The number of carbonyl (C=O) groups is 1. The maximum Gasteiger partial charge on any atom is 0.249 e. The predicted molar refractivity (Wildman–Crippen MR) is 106 cm³/mol. The van der Waals surface area contributed by atoms with Gasteiger partial charge in [-0.15, -0.1) is 0 Å². The molecule has 6 nitrogen and oxygen atoms in total. The number of hydrogen-bond donors (Lipinski definition) is 1. The quantitative estimate of drug-likeness (QED) is 0.748. The lowest BCUT2D eigenvalue weighted by Crippen LogP contribution is -2.33. The van der Waals surface area contributed by atoms with Crippen LogP contribution < -0.4 is 10.2 Å². The van der Waals surface area contributed by atoms with E-state index in [4.69, 9.17) is 11.6 Å². The van der Waals surface area contributed by atoms with Gasteiger partial charge in [-0.2, -0.15) is 0 Å². The van der Waals surface area contributed by atoms with Gasteiger partial charge < -0.3 is 10.2 Å². The smallest absolute Gasteiger partial charge is 0.249 e. The monoisotopic (exact) mass is 379 g/mol. The van der Waals surface area contributed by atoms with E-state index in [1.165, 1.54) is 0 Å². The molecule has 0 spiro atoms. The van der Waals surface area contributed by atoms with Crippen molar-refractivity contribution in [1.29, 1.82) is 0 Å². The van der Waals surface area contributed by atoms with E-state index in [9.17, 15) is 4.79 Å². The average Bonchev–Trinajstić information content (AvgIpc) is 3.02. The number of nitrogens with zero attached hydrogens (tertiary/aromatic N) is 4. The molecule has 1 aromatic carbocycles. The Morgan fingerprint density at radius 3 is 2.85 bits per heavy atom. The molecule has 7 heteroatoms. The minimum atomic E-state index is -0.333. The number of amides is 1. The van der Waals surface area contributed by atoms with E-state index in [0.717, 1.165) is 16.9 Å². The highest BCUT2D eigenvalue weighted by atomic mass is 35.5. The molecule has 1 atom stereocenters. The Labute approximate surface area is 162 Å². The Balaban J connectivity index is 1.55. The molecule has 1 N–H and O–H groups in total. The largest absolute Gasteiger partial charge is 0.358 e. The van der Waals surface area contributed by atoms with Crippen molar-refractivity contribution in [2.45, 2.75) is 19.4 Å². The second-order valence-electron chi connectivity index (χ2n) is 6.42. The summed E-state index contributed by atoms with van der Waals surface area (Å²) >= 11 is 6.05. The summed E-state index contributed by atoms with van der Waals surface area (Å²) in [5, 5.41) is 3.88. The zero-order chi connectivity index (χ0) is 18.8. The van der Waals surface area contributed by atoms with Gasteiger partial charge >= 0.3 is 0 Å². The van der Waals surface area contributed by atoms with E-state index in [1.54, 1.807) is 29.4 Å². The van der Waals surface area contributed by atoms with Crippen LogP contribution in [0.4, 0.5) is 11.5 Å². The van der Waals surface area contributed by atoms with Crippen LogP contribution in [-0.2, 0) is 4.79 Å². The summed E-state index contributed by atoms with van der Waals surface area (Å²) in [7, 11) is 0. The van der Waals surface area contributed by atoms with E-state index >= 15 is 0 Å². The van der Waals surface area contributed by atoms with E-state index in [0.29, 0.717) is 29.6 Å². The first-order valence-electron chi connectivity index (χ1n) is 8.70. The summed E-state index contributed by atoms with van der Waals surface area (Å²) in [5.41, 5.74) is 2.47. The SMILES string of the molecule is Cc1cc(NC2CCN(c3cccc(Cl)c3)C2=O)nc(-c2cccnc2)n1. The van der Waals surface area contributed by atoms with Crippen molar-refractivity contribution >= 4 is 29.0 Å². The molecule has 1 saturated heterocycles. The van der Waals surface area contributed by atoms with Gasteiger partial charge in [0, 0.05) is 47.0 Å². The van der Waals surface area contributed by atoms with Gasteiger partial charge in [0.15, 0.2) is 5.82 Å². The molecule has 1 aliphatic heterocycles. The standard InChI is InChI=1S/C20H18ClN5O/c1-13-10-18(25-19(23-13)14-4-3-8-22-12-14)24-17-7-9-26(20(17)27)16-6-2-5-15(21)11-16/h2-6,8,10-12,17H,7,9H2,1H3,(H,23,24,25). The molecule has 1 aliphatic rings. The van der Waals surface area contributed by atoms with Crippen LogP contribution in [0.15, 0.2) is 54.9 Å². The van der Waals surface area contributed by atoms with Crippen LogP contribution in [0, 0.1) is 6.92 Å². The van der Waals surface area contributed by atoms with E-state index in [-0.39, 0.29) is 11.9 Å². The van der Waals surface area contributed by atoms with Gasteiger partial charge in [-0.05, 0) is 43.7 Å². The summed E-state index contributed by atoms with van der Waals surface area (Å²) in [5.74, 6) is 1.23. The van der Waals surface area contributed by atoms with Gasteiger partial charge in [0.1, 0.15) is 11.9 Å². The number of hydrogen-bond acceptors (Lipinski definition) is 5. The molecule has 3 heterocycles. The molecule has 136 valence electrons. The van der Waals surface area contributed by atoms with Crippen LogP contribution in [0.5, 0.6) is 0 Å². The number of anilines is 2. The van der Waals surface area contributed by atoms with Crippen LogP contribution in [0.1, 0.15) is 12.1 Å². The third kappa shape index (κ3) is 3.75. The van der Waals surface area contributed by atoms with Crippen molar-refractivity contribution in [2.75, 3.05) is 16.8 Å². The maximum absolute atomic E-state index is 12.8. The first-order chi connectivity index (χ1) is 13.1. The minimum absolute atomic E-state index is 0.0106. The number of pyridine rings is 1. The van der Waals surface area contributed by atoms with Crippen molar-refractivity contribution in [3.05, 3.63) is 65.6 Å². The highest BCUT2D eigenvalue weighted by Gasteiger charge is 2.33. The molecule has 0 saturated carbocycles. The topological polar surface area (TPSA) is 71.0 Å². The van der Waals surface area contributed by atoms with Crippen LogP contribution in [0.2, 0.25) is 5.02 Å². The van der Waals surface area contributed by atoms with E-state index < -0.39 is 0 Å². The number of aryl methyl sites for hydroxylation is 1. The number of aromatic nitrogens is 3. The van der Waals surface area contributed by atoms with Crippen molar-refractivity contribution in [3.63, 3.8) is 0 Å². The number of nitrogens with one attached hydrogen (secondary N) is 1.